The number of aromatic nitrogens is 2. The maximum Gasteiger partial charge on any atom is 0.226 e. The summed E-state index contributed by atoms with van der Waals surface area (Å²) in [4.78, 5) is 4.54. The summed E-state index contributed by atoms with van der Waals surface area (Å²) in [5, 5.41) is 7.51. The lowest BCUT2D eigenvalue weighted by molar-refractivity contribution is -0.0403. The normalized spacial score (nSPS) is 19.9. The van der Waals surface area contributed by atoms with E-state index in [2.05, 4.69) is 22.4 Å². The largest absolute Gasteiger partial charge is 0.367 e. The highest BCUT2D eigenvalue weighted by molar-refractivity contribution is 4.99. The van der Waals surface area contributed by atoms with Crippen LogP contribution in [-0.4, -0.2) is 29.8 Å². The average molecular weight is 281 g/mol. The summed E-state index contributed by atoms with van der Waals surface area (Å²) in [6.07, 6.45) is 5.37. The zero-order chi connectivity index (χ0) is 14.4. The summed E-state index contributed by atoms with van der Waals surface area (Å²) < 4.78 is 11.2. The van der Waals surface area contributed by atoms with Gasteiger partial charge in [0.05, 0.1) is 0 Å². The summed E-state index contributed by atoms with van der Waals surface area (Å²) >= 11 is 0. The molecular formula is C15H27N3O2. The van der Waals surface area contributed by atoms with E-state index in [4.69, 9.17) is 9.26 Å². The minimum atomic E-state index is -0.425. The lowest BCUT2D eigenvalue weighted by Crippen LogP contribution is -2.28. The van der Waals surface area contributed by atoms with Crippen LogP contribution in [0.15, 0.2) is 4.52 Å². The number of piperidine rings is 1. The molecule has 0 aromatic carbocycles. The second-order valence-corrected chi connectivity index (χ2v) is 5.76. The Morgan fingerprint density at radius 1 is 1.35 bits per heavy atom. The van der Waals surface area contributed by atoms with Crippen molar-refractivity contribution < 1.29 is 9.26 Å². The van der Waals surface area contributed by atoms with Crippen molar-refractivity contribution in [3.8, 4) is 0 Å². The van der Waals surface area contributed by atoms with E-state index in [1.807, 2.05) is 13.8 Å². The van der Waals surface area contributed by atoms with E-state index in [9.17, 15) is 0 Å². The molecule has 114 valence electrons. The van der Waals surface area contributed by atoms with E-state index in [1.54, 1.807) is 0 Å². The predicted octanol–water partition coefficient (Wildman–Crippen LogP) is 2.66. The van der Waals surface area contributed by atoms with Gasteiger partial charge in [-0.3, -0.25) is 0 Å². The van der Waals surface area contributed by atoms with Gasteiger partial charge in [-0.25, -0.2) is 0 Å². The summed E-state index contributed by atoms with van der Waals surface area (Å²) in [5.41, 5.74) is -0.425. The van der Waals surface area contributed by atoms with Crippen molar-refractivity contribution in [2.24, 2.45) is 5.92 Å². The maximum absolute atomic E-state index is 5.78. The van der Waals surface area contributed by atoms with Gasteiger partial charge in [0.1, 0.15) is 5.60 Å². The molecule has 1 atom stereocenters. The van der Waals surface area contributed by atoms with E-state index in [-0.39, 0.29) is 0 Å². The van der Waals surface area contributed by atoms with Crippen LogP contribution in [0.4, 0.5) is 0 Å². The maximum atomic E-state index is 5.78. The molecule has 0 amide bonds. The molecule has 1 N–H and O–H groups in total. The zero-order valence-electron chi connectivity index (χ0n) is 12.9. The van der Waals surface area contributed by atoms with Gasteiger partial charge in [0.2, 0.25) is 11.7 Å². The molecule has 0 spiro atoms. The molecule has 1 aliphatic rings. The molecule has 5 heteroatoms. The van der Waals surface area contributed by atoms with Crippen molar-refractivity contribution in [2.75, 3.05) is 19.7 Å². The van der Waals surface area contributed by atoms with Crippen molar-refractivity contribution in [2.45, 2.75) is 58.5 Å². The van der Waals surface area contributed by atoms with Gasteiger partial charge in [-0.15, -0.1) is 0 Å². The fraction of sp³-hybridized carbons (Fsp3) is 0.867. The van der Waals surface area contributed by atoms with Crippen LogP contribution in [0.1, 0.15) is 58.2 Å². The first-order valence-electron chi connectivity index (χ1n) is 7.85. The highest BCUT2D eigenvalue weighted by Gasteiger charge is 2.30. The molecule has 2 rings (SSSR count). The number of rotatable bonds is 7. The molecule has 0 bridgehead atoms. The first kappa shape index (κ1) is 15.4. The molecule has 1 unspecified atom stereocenters. The van der Waals surface area contributed by atoms with Crippen LogP contribution in [-0.2, 0) is 16.8 Å². The third-order valence-corrected chi connectivity index (χ3v) is 4.30. The van der Waals surface area contributed by atoms with Crippen molar-refractivity contribution in [1.29, 1.82) is 0 Å². The first-order valence-corrected chi connectivity index (χ1v) is 7.85. The van der Waals surface area contributed by atoms with Crippen molar-refractivity contribution >= 4 is 0 Å². The van der Waals surface area contributed by atoms with E-state index in [0.717, 1.165) is 44.2 Å². The minimum Gasteiger partial charge on any atom is -0.367 e. The Balaban J connectivity index is 1.90. The molecule has 1 aromatic rings. The first-order chi connectivity index (χ1) is 9.68. The third kappa shape index (κ3) is 3.79. The van der Waals surface area contributed by atoms with E-state index >= 15 is 0 Å². The Labute approximate surface area is 121 Å². The van der Waals surface area contributed by atoms with Crippen molar-refractivity contribution in [1.82, 2.24) is 15.5 Å². The van der Waals surface area contributed by atoms with Gasteiger partial charge in [-0.1, -0.05) is 12.1 Å². The topological polar surface area (TPSA) is 60.2 Å². The van der Waals surface area contributed by atoms with Gasteiger partial charge in [0.15, 0.2) is 0 Å². The molecule has 0 saturated carbocycles. The smallest absolute Gasteiger partial charge is 0.226 e. The summed E-state index contributed by atoms with van der Waals surface area (Å²) in [5.74, 6) is 2.22. The van der Waals surface area contributed by atoms with E-state index < -0.39 is 5.60 Å². The SMILES string of the molecule is CCOC(C)(CC)c1noc(CCC2CCNCC2)n1. The van der Waals surface area contributed by atoms with Crippen molar-refractivity contribution in [3.05, 3.63) is 11.7 Å². The number of ether oxygens (including phenoxy) is 1. The van der Waals surface area contributed by atoms with Crippen LogP contribution in [0.2, 0.25) is 0 Å². The molecule has 1 aromatic heterocycles. The number of hydrogen-bond acceptors (Lipinski definition) is 5. The minimum absolute atomic E-state index is 0.425. The van der Waals surface area contributed by atoms with Crippen LogP contribution < -0.4 is 5.32 Å². The number of aryl methyl sites for hydroxylation is 1. The molecular weight excluding hydrogens is 254 g/mol. The second kappa shape index (κ2) is 7.18. The monoisotopic (exact) mass is 281 g/mol. The predicted molar refractivity (Wildman–Crippen MR) is 77.5 cm³/mol. The van der Waals surface area contributed by atoms with Gasteiger partial charge in [-0.2, -0.15) is 4.98 Å². The Morgan fingerprint density at radius 3 is 2.75 bits per heavy atom. The zero-order valence-corrected chi connectivity index (χ0v) is 12.9. The average Bonchev–Trinajstić information content (AvgIpc) is 2.96. The lowest BCUT2D eigenvalue weighted by atomic mass is 9.93. The van der Waals surface area contributed by atoms with Gasteiger partial charge >= 0.3 is 0 Å². The van der Waals surface area contributed by atoms with Crippen molar-refractivity contribution in [3.63, 3.8) is 0 Å². The Morgan fingerprint density at radius 2 is 2.10 bits per heavy atom. The fourth-order valence-electron chi connectivity index (χ4n) is 2.71. The highest BCUT2D eigenvalue weighted by atomic mass is 16.5. The Kier molecular flexibility index (Phi) is 5.54. The third-order valence-electron chi connectivity index (χ3n) is 4.30. The standard InChI is InChI=1S/C15H27N3O2/c1-4-15(3,19-5-2)14-17-13(20-18-14)7-6-12-8-10-16-11-9-12/h12,16H,4-11H2,1-3H3. The van der Waals surface area contributed by atoms with Crippen LogP contribution >= 0.6 is 0 Å². The molecule has 5 nitrogen and oxygen atoms in total. The van der Waals surface area contributed by atoms with E-state index in [0.29, 0.717) is 12.4 Å². The van der Waals surface area contributed by atoms with Crippen LogP contribution in [0, 0.1) is 5.92 Å². The van der Waals surface area contributed by atoms with Gasteiger partial charge in [-0.05, 0) is 58.5 Å². The number of nitrogens with zero attached hydrogens (tertiary/aromatic N) is 2. The summed E-state index contributed by atoms with van der Waals surface area (Å²) in [7, 11) is 0. The fourth-order valence-corrected chi connectivity index (χ4v) is 2.71. The van der Waals surface area contributed by atoms with Gasteiger partial charge < -0.3 is 14.6 Å². The molecule has 2 heterocycles. The number of nitrogens with one attached hydrogen (secondary N) is 1. The molecule has 1 fully saturated rings. The van der Waals surface area contributed by atoms with E-state index in [1.165, 1.54) is 12.8 Å². The number of hydrogen-bond donors (Lipinski definition) is 1. The highest BCUT2D eigenvalue weighted by Crippen LogP contribution is 2.27. The van der Waals surface area contributed by atoms with Gasteiger partial charge in [0, 0.05) is 13.0 Å². The Bertz CT molecular complexity index is 402. The molecule has 1 saturated heterocycles. The van der Waals surface area contributed by atoms with Crippen LogP contribution in [0.25, 0.3) is 0 Å². The molecule has 1 aliphatic heterocycles. The summed E-state index contributed by atoms with van der Waals surface area (Å²) in [6.45, 7) is 9.03. The molecule has 20 heavy (non-hydrogen) atoms. The Hall–Kier alpha value is -0.940. The second-order valence-electron chi connectivity index (χ2n) is 5.76. The van der Waals surface area contributed by atoms with Crippen LogP contribution in [0.5, 0.6) is 0 Å². The summed E-state index contributed by atoms with van der Waals surface area (Å²) in [6, 6.07) is 0. The van der Waals surface area contributed by atoms with Gasteiger partial charge in [0.25, 0.3) is 0 Å². The molecule has 0 aliphatic carbocycles. The molecule has 0 radical (unpaired) electrons. The quantitative estimate of drug-likeness (QED) is 0.832. The van der Waals surface area contributed by atoms with Crippen LogP contribution in [0.3, 0.4) is 0 Å². The lowest BCUT2D eigenvalue weighted by Gasteiger charge is -2.23.